The van der Waals surface area contributed by atoms with Crippen LogP contribution in [0.4, 0.5) is 10.5 Å². The highest BCUT2D eigenvalue weighted by Crippen LogP contribution is 2.21. The van der Waals surface area contributed by atoms with Crippen molar-refractivity contribution in [3.8, 4) is 0 Å². The zero-order chi connectivity index (χ0) is 20.8. The van der Waals surface area contributed by atoms with Gasteiger partial charge in [0.25, 0.3) is 0 Å². The van der Waals surface area contributed by atoms with E-state index in [-0.39, 0.29) is 12.1 Å². The molecular weight excluding hydrogens is 400 g/mol. The number of anilines is 1. The fourth-order valence-corrected chi connectivity index (χ4v) is 4.23. The second-order valence-electron chi connectivity index (χ2n) is 7.78. The molecule has 2 aromatic carbocycles. The van der Waals surface area contributed by atoms with E-state index >= 15 is 0 Å². The molecule has 2 aliphatic rings. The molecule has 6 nitrogen and oxygen atoms in total. The number of benzene rings is 2. The highest BCUT2D eigenvalue weighted by atomic mass is 35.5. The molecule has 4 rings (SSSR count). The summed E-state index contributed by atoms with van der Waals surface area (Å²) >= 11 is 6.13. The third-order valence-electron chi connectivity index (χ3n) is 5.78. The van der Waals surface area contributed by atoms with E-state index in [4.69, 9.17) is 16.3 Å². The normalized spacial score (nSPS) is 18.8. The molecule has 2 saturated heterocycles. The molecule has 160 valence electrons. The lowest BCUT2D eigenvalue weighted by Gasteiger charge is -2.37. The van der Waals surface area contributed by atoms with Crippen molar-refractivity contribution in [2.24, 2.45) is 0 Å². The summed E-state index contributed by atoms with van der Waals surface area (Å²) in [4.78, 5) is 19.6. The number of nitrogens with zero attached hydrogens (tertiary/aromatic N) is 3. The van der Waals surface area contributed by atoms with Gasteiger partial charge in [0.15, 0.2) is 0 Å². The van der Waals surface area contributed by atoms with Crippen LogP contribution in [-0.4, -0.2) is 74.9 Å². The van der Waals surface area contributed by atoms with E-state index < -0.39 is 0 Å². The number of piperazine rings is 1. The molecule has 1 atom stereocenters. The Hall–Kier alpha value is -2.28. The number of urea groups is 1. The van der Waals surface area contributed by atoms with E-state index in [1.54, 1.807) is 0 Å². The van der Waals surface area contributed by atoms with Crippen LogP contribution in [0.5, 0.6) is 0 Å². The molecule has 0 aliphatic carbocycles. The van der Waals surface area contributed by atoms with Crippen molar-refractivity contribution in [2.75, 3.05) is 63.9 Å². The highest BCUT2D eigenvalue weighted by molar-refractivity contribution is 6.30. The summed E-state index contributed by atoms with van der Waals surface area (Å²) in [6.07, 6.45) is 0. The van der Waals surface area contributed by atoms with Crippen molar-refractivity contribution in [3.63, 3.8) is 0 Å². The number of hydrogen-bond donors (Lipinski definition) is 1. The number of halogens is 1. The van der Waals surface area contributed by atoms with Gasteiger partial charge in [-0.1, -0.05) is 48.0 Å². The van der Waals surface area contributed by atoms with Gasteiger partial charge in [-0.15, -0.1) is 0 Å². The van der Waals surface area contributed by atoms with Crippen LogP contribution in [0.2, 0.25) is 5.02 Å². The molecule has 2 aromatic rings. The molecule has 2 heterocycles. The van der Waals surface area contributed by atoms with Gasteiger partial charge in [-0.3, -0.25) is 4.90 Å². The summed E-state index contributed by atoms with van der Waals surface area (Å²) in [7, 11) is 0. The minimum Gasteiger partial charge on any atom is -0.379 e. The van der Waals surface area contributed by atoms with Crippen molar-refractivity contribution >= 4 is 23.3 Å². The van der Waals surface area contributed by atoms with Gasteiger partial charge in [0.2, 0.25) is 0 Å². The number of hydrogen-bond acceptors (Lipinski definition) is 4. The number of rotatable bonds is 5. The molecule has 0 spiro atoms. The fraction of sp³-hybridized carbons (Fsp3) is 0.435. The monoisotopic (exact) mass is 428 g/mol. The SMILES string of the molecule is O=C(NC(CN1CCOCC1)c1ccccc1)N1CCN(c2cccc(Cl)c2)CC1. The Morgan fingerprint density at radius 1 is 0.967 bits per heavy atom. The number of carbonyl (C=O) groups excluding carboxylic acids is 1. The second-order valence-corrected chi connectivity index (χ2v) is 8.22. The molecule has 1 unspecified atom stereocenters. The Morgan fingerprint density at radius 2 is 1.70 bits per heavy atom. The van der Waals surface area contributed by atoms with Gasteiger partial charge in [-0.2, -0.15) is 0 Å². The first-order valence-corrected chi connectivity index (χ1v) is 11.0. The maximum atomic E-state index is 13.1. The van der Waals surface area contributed by atoms with Crippen LogP contribution >= 0.6 is 11.6 Å². The Bertz CT molecular complexity index is 821. The smallest absolute Gasteiger partial charge is 0.318 e. The Morgan fingerprint density at radius 3 is 2.40 bits per heavy atom. The molecule has 0 aromatic heterocycles. The Balaban J connectivity index is 1.36. The average Bonchev–Trinajstić information content (AvgIpc) is 2.80. The quantitative estimate of drug-likeness (QED) is 0.794. The molecule has 30 heavy (non-hydrogen) atoms. The molecule has 2 aliphatic heterocycles. The van der Waals surface area contributed by atoms with Crippen molar-refractivity contribution in [1.29, 1.82) is 0 Å². The van der Waals surface area contributed by atoms with Crippen LogP contribution in [0.15, 0.2) is 54.6 Å². The molecule has 0 saturated carbocycles. The number of morpholine rings is 1. The van der Waals surface area contributed by atoms with Gasteiger partial charge in [0.05, 0.1) is 19.3 Å². The lowest BCUT2D eigenvalue weighted by atomic mass is 10.1. The Kier molecular flexibility index (Phi) is 7.10. The first-order chi connectivity index (χ1) is 14.7. The summed E-state index contributed by atoms with van der Waals surface area (Å²) in [5.74, 6) is 0. The molecule has 0 radical (unpaired) electrons. The lowest BCUT2D eigenvalue weighted by Crippen LogP contribution is -2.53. The standard InChI is InChI=1S/C23H29ClN4O2/c24-20-7-4-8-21(17-20)27-9-11-28(12-10-27)23(29)25-22(19-5-2-1-3-6-19)18-26-13-15-30-16-14-26/h1-8,17,22H,9-16,18H2,(H,25,29). The van der Waals surface area contributed by atoms with Gasteiger partial charge in [-0.25, -0.2) is 4.79 Å². The summed E-state index contributed by atoms with van der Waals surface area (Å²) in [5.41, 5.74) is 2.24. The predicted octanol–water partition coefficient (Wildman–Crippen LogP) is 3.25. The number of amides is 2. The lowest BCUT2D eigenvalue weighted by molar-refractivity contribution is 0.0337. The van der Waals surface area contributed by atoms with Gasteiger partial charge in [-0.05, 0) is 23.8 Å². The van der Waals surface area contributed by atoms with E-state index in [9.17, 15) is 4.79 Å². The van der Waals surface area contributed by atoms with Crippen molar-refractivity contribution in [2.45, 2.75) is 6.04 Å². The number of carbonyl (C=O) groups is 1. The van der Waals surface area contributed by atoms with Gasteiger partial charge in [0, 0.05) is 56.5 Å². The maximum absolute atomic E-state index is 13.1. The molecular formula is C23H29ClN4O2. The summed E-state index contributed by atoms with van der Waals surface area (Å²) < 4.78 is 5.47. The first kappa shape index (κ1) is 21.0. The zero-order valence-electron chi connectivity index (χ0n) is 17.2. The topological polar surface area (TPSA) is 48.1 Å². The van der Waals surface area contributed by atoms with Crippen LogP contribution < -0.4 is 10.2 Å². The number of nitrogens with one attached hydrogen (secondary N) is 1. The van der Waals surface area contributed by atoms with Crippen LogP contribution in [0.3, 0.4) is 0 Å². The minimum atomic E-state index is -0.0391. The van der Waals surface area contributed by atoms with Crippen LogP contribution in [0, 0.1) is 0 Å². The highest BCUT2D eigenvalue weighted by Gasteiger charge is 2.25. The summed E-state index contributed by atoms with van der Waals surface area (Å²) in [6.45, 7) is 7.08. The summed E-state index contributed by atoms with van der Waals surface area (Å²) in [5, 5.41) is 4.02. The summed E-state index contributed by atoms with van der Waals surface area (Å²) in [6, 6.07) is 18.1. The van der Waals surface area contributed by atoms with Crippen molar-refractivity contribution in [1.82, 2.24) is 15.1 Å². The molecule has 1 N–H and O–H groups in total. The molecule has 2 fully saturated rings. The number of ether oxygens (including phenoxy) is 1. The van der Waals surface area contributed by atoms with E-state index in [2.05, 4.69) is 33.3 Å². The minimum absolute atomic E-state index is 0.00264. The predicted molar refractivity (Wildman–Crippen MR) is 120 cm³/mol. The average molecular weight is 429 g/mol. The van der Waals surface area contributed by atoms with Crippen LogP contribution in [0.25, 0.3) is 0 Å². The zero-order valence-corrected chi connectivity index (χ0v) is 17.9. The van der Waals surface area contributed by atoms with E-state index in [0.717, 1.165) is 62.2 Å². The van der Waals surface area contributed by atoms with Gasteiger partial charge >= 0.3 is 6.03 Å². The fourth-order valence-electron chi connectivity index (χ4n) is 4.04. The first-order valence-electron chi connectivity index (χ1n) is 10.6. The third kappa shape index (κ3) is 5.45. The third-order valence-corrected chi connectivity index (χ3v) is 6.02. The van der Waals surface area contributed by atoms with Crippen molar-refractivity contribution < 1.29 is 9.53 Å². The van der Waals surface area contributed by atoms with E-state index in [0.29, 0.717) is 13.1 Å². The largest absolute Gasteiger partial charge is 0.379 e. The van der Waals surface area contributed by atoms with Gasteiger partial charge in [0.1, 0.15) is 0 Å². The second kappa shape index (κ2) is 10.2. The van der Waals surface area contributed by atoms with Crippen LogP contribution in [0.1, 0.15) is 11.6 Å². The van der Waals surface area contributed by atoms with Crippen LogP contribution in [-0.2, 0) is 4.74 Å². The molecule has 7 heteroatoms. The van der Waals surface area contributed by atoms with E-state index in [1.807, 2.05) is 41.3 Å². The Labute approximate surface area is 183 Å². The molecule has 2 amide bonds. The maximum Gasteiger partial charge on any atom is 0.318 e. The van der Waals surface area contributed by atoms with E-state index in [1.165, 1.54) is 0 Å². The molecule has 0 bridgehead atoms. The van der Waals surface area contributed by atoms with Gasteiger partial charge < -0.3 is 19.9 Å². The van der Waals surface area contributed by atoms with Crippen molar-refractivity contribution in [3.05, 3.63) is 65.2 Å².